The third-order valence-corrected chi connectivity index (χ3v) is 13.3. The van der Waals surface area contributed by atoms with Gasteiger partial charge >= 0.3 is 0 Å². The lowest BCUT2D eigenvalue weighted by molar-refractivity contribution is 0.646. The van der Waals surface area contributed by atoms with Gasteiger partial charge in [-0.2, -0.15) is 0 Å². The van der Waals surface area contributed by atoms with Crippen LogP contribution in [0.1, 0.15) is 18.1 Å². The molecule has 1 unspecified atom stereocenters. The fraction of sp³-hybridized carbons (Fsp3) is 0.0536. The van der Waals surface area contributed by atoms with Crippen molar-refractivity contribution >= 4 is 99.2 Å². The molecule has 1 aliphatic rings. The molecule has 0 saturated heterocycles. The van der Waals surface area contributed by atoms with Gasteiger partial charge in [-0.15, -0.1) is 0 Å². The minimum absolute atomic E-state index is 0.422. The largest absolute Gasteiger partial charge is 0.454 e. The van der Waals surface area contributed by atoms with E-state index in [1.54, 1.807) is 0 Å². The number of fused-ring (bicyclic) bond motifs is 18. The number of furan rings is 1. The molecule has 0 bridgehead atoms. The molecule has 1 aliphatic carbocycles. The molecule has 5 heteroatoms. The van der Waals surface area contributed by atoms with Crippen LogP contribution >= 0.6 is 0 Å². The number of pyridine rings is 1. The first-order chi connectivity index (χ1) is 30.2. The summed E-state index contributed by atoms with van der Waals surface area (Å²) in [5.41, 5.74) is 17.8. The minimum atomic E-state index is 0.422. The van der Waals surface area contributed by atoms with E-state index >= 15 is 0 Å². The highest BCUT2D eigenvalue weighted by molar-refractivity contribution is 6.22. The maximum atomic E-state index is 6.85. The SMILES string of the molecule is CC1C=Cc2c(c3oc4ccc(-n5c6ccccc6c6cc(-c7ccc8c(c7)c7c9ccccc9ccc7n8-c7ccccc7)ccc65)cc4c3n3c2nc2ccccc23)C1. The second-order valence-electron chi connectivity index (χ2n) is 16.8. The number of hydrogen-bond donors (Lipinski definition) is 0. The highest BCUT2D eigenvalue weighted by Gasteiger charge is 2.26. The van der Waals surface area contributed by atoms with Gasteiger partial charge in [-0.1, -0.05) is 110 Å². The summed E-state index contributed by atoms with van der Waals surface area (Å²) in [7, 11) is 0. The van der Waals surface area contributed by atoms with Gasteiger partial charge in [0.1, 0.15) is 16.7 Å². The zero-order chi connectivity index (χ0) is 39.9. The van der Waals surface area contributed by atoms with Crippen molar-refractivity contribution in [1.29, 1.82) is 0 Å². The first kappa shape index (κ1) is 33.0. The molecule has 286 valence electrons. The Balaban J connectivity index is 0.989. The molecule has 8 aromatic carbocycles. The van der Waals surface area contributed by atoms with E-state index in [0.29, 0.717) is 5.92 Å². The topological polar surface area (TPSA) is 40.3 Å². The molecule has 0 amide bonds. The van der Waals surface area contributed by atoms with E-state index in [9.17, 15) is 0 Å². The number of nitrogens with zero attached hydrogens (tertiary/aromatic N) is 4. The summed E-state index contributed by atoms with van der Waals surface area (Å²) < 4.78 is 14.0. The summed E-state index contributed by atoms with van der Waals surface area (Å²) >= 11 is 0. The maximum Gasteiger partial charge on any atom is 0.156 e. The van der Waals surface area contributed by atoms with Gasteiger partial charge in [-0.3, -0.25) is 4.40 Å². The molecule has 1 atom stereocenters. The lowest BCUT2D eigenvalue weighted by atomic mass is 9.90. The van der Waals surface area contributed by atoms with Gasteiger partial charge in [0.05, 0.1) is 33.1 Å². The Kier molecular flexibility index (Phi) is 6.54. The molecule has 0 radical (unpaired) electrons. The van der Waals surface area contributed by atoms with Crippen molar-refractivity contribution in [3.8, 4) is 22.5 Å². The van der Waals surface area contributed by atoms with E-state index in [-0.39, 0.29) is 0 Å². The number of allylic oxidation sites excluding steroid dienone is 1. The summed E-state index contributed by atoms with van der Waals surface area (Å²) in [6, 6.07) is 61.9. The third kappa shape index (κ3) is 4.52. The fourth-order valence-corrected chi connectivity index (χ4v) is 10.6. The Hall–Kier alpha value is -7.89. The van der Waals surface area contributed by atoms with E-state index in [4.69, 9.17) is 9.40 Å². The molecule has 0 aliphatic heterocycles. The van der Waals surface area contributed by atoms with Crippen molar-refractivity contribution in [2.75, 3.05) is 0 Å². The molecule has 5 nitrogen and oxygen atoms in total. The quantitative estimate of drug-likeness (QED) is 0.179. The number of aromatic nitrogens is 4. The number of imidazole rings is 1. The first-order valence-electron chi connectivity index (χ1n) is 21.2. The molecule has 0 fully saturated rings. The molecule has 5 heterocycles. The van der Waals surface area contributed by atoms with Crippen LogP contribution in [0, 0.1) is 5.92 Å². The Morgan fingerprint density at radius 3 is 2.10 bits per heavy atom. The molecule has 61 heavy (non-hydrogen) atoms. The van der Waals surface area contributed by atoms with Crippen molar-refractivity contribution in [3.63, 3.8) is 0 Å². The molecule has 0 N–H and O–H groups in total. The predicted octanol–water partition coefficient (Wildman–Crippen LogP) is 14.6. The highest BCUT2D eigenvalue weighted by atomic mass is 16.3. The van der Waals surface area contributed by atoms with E-state index < -0.39 is 0 Å². The Bertz CT molecular complexity index is 4040. The van der Waals surface area contributed by atoms with Crippen molar-refractivity contribution < 1.29 is 4.42 Å². The molecule has 13 aromatic rings. The standard InChI is InChI=1S/C56H36N4O/c1-33-19-24-41-43(29-33)55-54(60-50-18-10-8-16-46(50)57-56(41)60)45-32-38(23-28-52(45)61-55)59-47-17-9-7-15-40(47)42-30-35(21-25-48(42)59)36-22-26-49-44(31-36)53-39-14-6-5-11-34(39)20-27-51(53)58(49)37-12-3-2-4-13-37/h2-28,30-33H,29H2,1H3. The van der Waals surface area contributed by atoms with E-state index in [1.807, 2.05) is 0 Å². The normalized spacial score (nSPS) is 14.3. The number of hydrogen-bond acceptors (Lipinski definition) is 2. The third-order valence-electron chi connectivity index (χ3n) is 13.3. The summed E-state index contributed by atoms with van der Waals surface area (Å²) in [6.45, 7) is 2.27. The summed E-state index contributed by atoms with van der Waals surface area (Å²) in [5.74, 6) is 0.422. The van der Waals surface area contributed by atoms with Crippen molar-refractivity contribution in [1.82, 2.24) is 18.5 Å². The van der Waals surface area contributed by atoms with E-state index in [1.165, 1.54) is 71.1 Å². The highest BCUT2D eigenvalue weighted by Crippen LogP contribution is 2.43. The lowest BCUT2D eigenvalue weighted by Gasteiger charge is -2.17. The molecule has 0 spiro atoms. The van der Waals surface area contributed by atoms with Crippen molar-refractivity contribution in [3.05, 3.63) is 187 Å². The summed E-state index contributed by atoms with van der Waals surface area (Å²) in [5, 5.41) is 8.59. The number of benzene rings is 8. The van der Waals surface area contributed by atoms with Gasteiger partial charge in [-0.05, 0) is 113 Å². The van der Waals surface area contributed by atoms with Crippen molar-refractivity contribution in [2.24, 2.45) is 5.92 Å². The number of para-hydroxylation sites is 4. The van der Waals surface area contributed by atoms with Crippen LogP contribution in [0.5, 0.6) is 0 Å². The second kappa shape index (κ2) is 12.1. The van der Waals surface area contributed by atoms with Crippen LogP contribution < -0.4 is 0 Å². The van der Waals surface area contributed by atoms with Crippen LogP contribution in [0.2, 0.25) is 0 Å². The fourth-order valence-electron chi connectivity index (χ4n) is 10.6. The summed E-state index contributed by atoms with van der Waals surface area (Å²) in [6.07, 6.45) is 5.47. The van der Waals surface area contributed by atoms with Crippen LogP contribution in [-0.4, -0.2) is 18.5 Å². The average Bonchev–Trinajstić information content (AvgIpc) is 4.06. The first-order valence-corrected chi connectivity index (χ1v) is 21.2. The van der Waals surface area contributed by atoms with Crippen LogP contribution in [-0.2, 0) is 6.42 Å². The summed E-state index contributed by atoms with van der Waals surface area (Å²) in [4.78, 5) is 5.20. The molecule has 5 aromatic heterocycles. The zero-order valence-corrected chi connectivity index (χ0v) is 33.3. The van der Waals surface area contributed by atoms with Gasteiger partial charge in [0.25, 0.3) is 0 Å². The molecule has 0 saturated carbocycles. The van der Waals surface area contributed by atoms with Crippen LogP contribution in [0.3, 0.4) is 0 Å². The van der Waals surface area contributed by atoms with Gasteiger partial charge in [0.15, 0.2) is 5.58 Å². The van der Waals surface area contributed by atoms with Crippen molar-refractivity contribution in [2.45, 2.75) is 13.3 Å². The maximum absolute atomic E-state index is 6.85. The average molecular weight is 781 g/mol. The predicted molar refractivity (Wildman–Crippen MR) is 253 cm³/mol. The van der Waals surface area contributed by atoms with Crippen LogP contribution in [0.4, 0.5) is 0 Å². The van der Waals surface area contributed by atoms with Gasteiger partial charge in [0, 0.05) is 49.4 Å². The Labute approximate surface area is 349 Å². The van der Waals surface area contributed by atoms with Gasteiger partial charge in [-0.25, -0.2) is 4.98 Å². The Morgan fingerprint density at radius 2 is 1.23 bits per heavy atom. The van der Waals surface area contributed by atoms with Gasteiger partial charge < -0.3 is 13.6 Å². The second-order valence-corrected chi connectivity index (χ2v) is 16.8. The van der Waals surface area contributed by atoms with E-state index in [2.05, 4.69) is 202 Å². The van der Waals surface area contributed by atoms with E-state index in [0.717, 1.165) is 62.1 Å². The number of rotatable bonds is 3. The van der Waals surface area contributed by atoms with Crippen LogP contribution in [0.25, 0.3) is 122 Å². The lowest BCUT2D eigenvalue weighted by Crippen LogP contribution is -2.06. The molecular formula is C56H36N4O. The Morgan fingerprint density at radius 1 is 0.541 bits per heavy atom. The minimum Gasteiger partial charge on any atom is -0.454 e. The smallest absolute Gasteiger partial charge is 0.156 e. The van der Waals surface area contributed by atoms with Crippen LogP contribution in [0.15, 0.2) is 180 Å². The zero-order valence-electron chi connectivity index (χ0n) is 33.3. The van der Waals surface area contributed by atoms with Gasteiger partial charge in [0.2, 0.25) is 0 Å². The molecular weight excluding hydrogens is 745 g/mol. The monoisotopic (exact) mass is 780 g/mol. The molecule has 14 rings (SSSR count).